The molecule has 5 nitrogen and oxygen atoms in total. The first-order valence-electron chi connectivity index (χ1n) is 4.60. The van der Waals surface area contributed by atoms with Crippen molar-refractivity contribution in [1.29, 1.82) is 0 Å². The lowest BCUT2D eigenvalue weighted by Crippen LogP contribution is -2.17. The molecule has 0 saturated carbocycles. The van der Waals surface area contributed by atoms with Crippen molar-refractivity contribution < 1.29 is 28.5 Å². The van der Waals surface area contributed by atoms with E-state index in [1.165, 1.54) is 0 Å². The largest absolute Gasteiger partial charge is 0.504 e. The Bertz CT molecular complexity index is 450. The molecule has 0 saturated heterocycles. The van der Waals surface area contributed by atoms with Crippen LogP contribution in [0.25, 0.3) is 0 Å². The number of hydrogen-bond acceptors (Lipinski definition) is 4. The third-order valence-electron chi connectivity index (χ3n) is 2.17. The second-order valence-electron chi connectivity index (χ2n) is 3.34. The van der Waals surface area contributed by atoms with Gasteiger partial charge in [-0.05, 0) is 0 Å². The molecular weight excluding hydrogens is 236 g/mol. The van der Waals surface area contributed by atoms with Gasteiger partial charge in [0, 0.05) is 12.1 Å². The quantitative estimate of drug-likeness (QED) is 0.742. The maximum atomic E-state index is 13.4. The SMILES string of the molecule is COc1c(F)cc(F)c(C(N)CC(=O)O)c1O. The number of carboxylic acid groups (broad SMARTS) is 1. The lowest BCUT2D eigenvalue weighted by Gasteiger charge is -2.15. The number of carboxylic acids is 1. The number of benzene rings is 1. The number of rotatable bonds is 4. The maximum absolute atomic E-state index is 13.4. The van der Waals surface area contributed by atoms with Crippen LogP contribution in [0.4, 0.5) is 8.78 Å². The van der Waals surface area contributed by atoms with Crippen LogP contribution in [-0.4, -0.2) is 23.3 Å². The van der Waals surface area contributed by atoms with Gasteiger partial charge in [-0.15, -0.1) is 0 Å². The van der Waals surface area contributed by atoms with E-state index in [9.17, 15) is 18.7 Å². The Balaban J connectivity index is 3.28. The standard InChI is InChI=1S/C10H11F2NO4/c1-17-10-5(12)2-4(11)8(9(10)16)6(13)3-7(14)15/h2,6,16H,3,13H2,1H3,(H,14,15). The van der Waals surface area contributed by atoms with Crippen molar-refractivity contribution in [1.82, 2.24) is 0 Å². The molecule has 0 aliphatic rings. The van der Waals surface area contributed by atoms with Crippen LogP contribution >= 0.6 is 0 Å². The molecule has 0 spiro atoms. The number of aromatic hydroxyl groups is 1. The molecule has 4 N–H and O–H groups in total. The Labute approximate surface area is 95.4 Å². The molecule has 7 heteroatoms. The summed E-state index contributed by atoms with van der Waals surface area (Å²) in [6.07, 6.45) is -0.598. The van der Waals surface area contributed by atoms with Crippen LogP contribution in [0.1, 0.15) is 18.0 Å². The van der Waals surface area contributed by atoms with Crippen LogP contribution in [0.2, 0.25) is 0 Å². The number of methoxy groups -OCH3 is 1. The first kappa shape index (κ1) is 13.2. The van der Waals surface area contributed by atoms with E-state index in [0.717, 1.165) is 7.11 Å². The van der Waals surface area contributed by atoms with Crippen molar-refractivity contribution in [3.63, 3.8) is 0 Å². The Kier molecular flexibility index (Phi) is 3.84. The molecule has 0 heterocycles. The fourth-order valence-electron chi connectivity index (χ4n) is 1.44. The monoisotopic (exact) mass is 247 g/mol. The van der Waals surface area contributed by atoms with E-state index in [-0.39, 0.29) is 0 Å². The molecule has 0 bridgehead atoms. The molecule has 0 aliphatic heterocycles. The van der Waals surface area contributed by atoms with Gasteiger partial charge in [-0.1, -0.05) is 0 Å². The minimum Gasteiger partial charge on any atom is -0.504 e. The van der Waals surface area contributed by atoms with E-state index < -0.39 is 47.1 Å². The first-order chi connectivity index (χ1) is 7.88. The lowest BCUT2D eigenvalue weighted by atomic mass is 10.0. The van der Waals surface area contributed by atoms with Crippen LogP contribution in [0.5, 0.6) is 11.5 Å². The molecular formula is C10H11F2NO4. The maximum Gasteiger partial charge on any atom is 0.305 e. The van der Waals surface area contributed by atoms with Gasteiger partial charge in [0.1, 0.15) is 5.82 Å². The summed E-state index contributed by atoms with van der Waals surface area (Å²) in [6.45, 7) is 0. The Morgan fingerprint density at radius 3 is 2.59 bits per heavy atom. The smallest absolute Gasteiger partial charge is 0.305 e. The number of carbonyl (C=O) groups is 1. The predicted octanol–water partition coefficient (Wildman–Crippen LogP) is 1.15. The molecule has 0 radical (unpaired) electrons. The number of phenols is 1. The van der Waals surface area contributed by atoms with Crippen molar-refractivity contribution in [2.75, 3.05) is 7.11 Å². The topological polar surface area (TPSA) is 92.8 Å². The highest BCUT2D eigenvalue weighted by Crippen LogP contribution is 2.38. The number of hydrogen-bond donors (Lipinski definition) is 3. The minimum absolute atomic E-state index is 0.481. The molecule has 94 valence electrons. The number of aliphatic carboxylic acids is 1. The summed E-state index contributed by atoms with van der Waals surface area (Å²) < 4.78 is 31.1. The van der Waals surface area contributed by atoms with Crippen molar-refractivity contribution in [2.24, 2.45) is 5.73 Å². The third-order valence-corrected chi connectivity index (χ3v) is 2.17. The van der Waals surface area contributed by atoms with Gasteiger partial charge in [0.25, 0.3) is 0 Å². The van der Waals surface area contributed by atoms with Gasteiger partial charge in [-0.2, -0.15) is 0 Å². The van der Waals surface area contributed by atoms with Gasteiger partial charge in [0.2, 0.25) is 0 Å². The molecule has 1 rings (SSSR count). The van der Waals surface area contributed by atoms with Crippen LogP contribution < -0.4 is 10.5 Å². The summed E-state index contributed by atoms with van der Waals surface area (Å²) in [6, 6.07) is -0.808. The fourth-order valence-corrected chi connectivity index (χ4v) is 1.44. The molecule has 17 heavy (non-hydrogen) atoms. The zero-order valence-electron chi connectivity index (χ0n) is 8.91. The Morgan fingerprint density at radius 2 is 2.12 bits per heavy atom. The average molecular weight is 247 g/mol. The van der Waals surface area contributed by atoms with Crippen LogP contribution in [0.3, 0.4) is 0 Å². The molecule has 0 amide bonds. The van der Waals surface area contributed by atoms with E-state index in [2.05, 4.69) is 4.74 Å². The van der Waals surface area contributed by atoms with Gasteiger partial charge in [0.05, 0.1) is 19.1 Å². The summed E-state index contributed by atoms with van der Waals surface area (Å²) in [5, 5.41) is 18.1. The highest BCUT2D eigenvalue weighted by molar-refractivity contribution is 5.68. The molecule has 0 aliphatic carbocycles. The van der Waals surface area contributed by atoms with Crippen molar-refractivity contribution >= 4 is 5.97 Å². The van der Waals surface area contributed by atoms with E-state index in [1.807, 2.05) is 0 Å². The minimum atomic E-state index is -1.29. The van der Waals surface area contributed by atoms with Crippen LogP contribution in [-0.2, 0) is 4.79 Å². The van der Waals surface area contributed by atoms with Crippen molar-refractivity contribution in [3.05, 3.63) is 23.3 Å². The molecule has 1 unspecified atom stereocenters. The highest BCUT2D eigenvalue weighted by Gasteiger charge is 2.24. The summed E-state index contributed by atoms with van der Waals surface area (Å²) in [7, 11) is 1.09. The summed E-state index contributed by atoms with van der Waals surface area (Å²) in [5.41, 5.74) is 4.93. The van der Waals surface area contributed by atoms with E-state index in [1.54, 1.807) is 0 Å². The lowest BCUT2D eigenvalue weighted by molar-refractivity contribution is -0.137. The second-order valence-corrected chi connectivity index (χ2v) is 3.34. The van der Waals surface area contributed by atoms with Crippen molar-refractivity contribution in [2.45, 2.75) is 12.5 Å². The average Bonchev–Trinajstić information content (AvgIpc) is 2.15. The number of phenolic OH excluding ortho intramolecular Hbond substituents is 1. The van der Waals surface area contributed by atoms with Crippen LogP contribution in [0.15, 0.2) is 6.07 Å². The van der Waals surface area contributed by atoms with Gasteiger partial charge >= 0.3 is 5.97 Å². The number of nitrogens with two attached hydrogens (primary N) is 1. The number of ether oxygens (including phenoxy) is 1. The summed E-state index contributed by atoms with van der Waals surface area (Å²) in [5.74, 6) is -4.86. The zero-order chi connectivity index (χ0) is 13.2. The fraction of sp³-hybridized carbons (Fsp3) is 0.300. The normalized spacial score (nSPS) is 12.2. The predicted molar refractivity (Wildman–Crippen MR) is 53.8 cm³/mol. The molecule has 0 fully saturated rings. The van der Waals surface area contributed by atoms with Crippen molar-refractivity contribution in [3.8, 4) is 11.5 Å². The van der Waals surface area contributed by atoms with E-state index in [0.29, 0.717) is 6.07 Å². The van der Waals surface area contributed by atoms with Gasteiger partial charge in [-0.25, -0.2) is 8.78 Å². The second kappa shape index (κ2) is 4.96. The molecule has 0 aromatic heterocycles. The molecule has 1 aromatic rings. The summed E-state index contributed by atoms with van der Waals surface area (Å²) in [4.78, 5) is 10.4. The Hall–Kier alpha value is -1.89. The first-order valence-corrected chi connectivity index (χ1v) is 4.60. The third kappa shape index (κ3) is 2.62. The summed E-state index contributed by atoms with van der Waals surface area (Å²) >= 11 is 0. The van der Waals surface area contributed by atoms with E-state index in [4.69, 9.17) is 10.8 Å². The zero-order valence-corrected chi connectivity index (χ0v) is 8.91. The Morgan fingerprint density at radius 1 is 1.53 bits per heavy atom. The molecule has 1 aromatic carbocycles. The van der Waals surface area contributed by atoms with Gasteiger partial charge in [0.15, 0.2) is 17.3 Å². The van der Waals surface area contributed by atoms with Gasteiger partial charge < -0.3 is 20.7 Å². The van der Waals surface area contributed by atoms with E-state index >= 15 is 0 Å². The number of halogens is 2. The van der Waals surface area contributed by atoms with Gasteiger partial charge in [-0.3, -0.25) is 4.79 Å². The van der Waals surface area contributed by atoms with Crippen LogP contribution in [0, 0.1) is 11.6 Å². The highest BCUT2D eigenvalue weighted by atomic mass is 19.1. The molecule has 1 atom stereocenters.